The van der Waals surface area contributed by atoms with Crippen molar-refractivity contribution < 1.29 is 14.3 Å². The summed E-state index contributed by atoms with van der Waals surface area (Å²) in [6.45, 7) is 1.09. The van der Waals surface area contributed by atoms with Crippen LogP contribution in [0.2, 0.25) is 0 Å². The van der Waals surface area contributed by atoms with Crippen LogP contribution in [0, 0.1) is 5.92 Å². The van der Waals surface area contributed by atoms with Gasteiger partial charge in [-0.1, -0.05) is 24.3 Å². The van der Waals surface area contributed by atoms with Gasteiger partial charge in [0, 0.05) is 17.9 Å². The number of fused-ring (bicyclic) bond motifs is 1. The third-order valence-corrected chi connectivity index (χ3v) is 5.89. The average molecular weight is 459 g/mol. The van der Waals surface area contributed by atoms with Gasteiger partial charge in [-0.3, -0.25) is 4.79 Å². The van der Waals surface area contributed by atoms with Crippen LogP contribution in [0.25, 0.3) is 0 Å². The SMILES string of the molecule is CN(C)CC1CCc2cc(NC(=O)Nc3ccc(Oc4ccccc4)c(C(N)=O)c3)ccc2C1. The number of carbonyl (C=O) groups excluding carboxylic acids is 2. The van der Waals surface area contributed by atoms with Gasteiger partial charge in [0.1, 0.15) is 11.5 Å². The van der Waals surface area contributed by atoms with Crippen molar-refractivity contribution in [1.82, 2.24) is 4.90 Å². The third kappa shape index (κ3) is 5.94. The Morgan fingerprint density at radius 3 is 2.38 bits per heavy atom. The van der Waals surface area contributed by atoms with E-state index in [4.69, 9.17) is 10.5 Å². The number of para-hydroxylation sites is 1. The number of primary amides is 1. The van der Waals surface area contributed by atoms with Gasteiger partial charge in [-0.2, -0.15) is 0 Å². The smallest absolute Gasteiger partial charge is 0.323 e. The number of hydrogen-bond donors (Lipinski definition) is 3. The Bertz CT molecular complexity index is 1180. The highest BCUT2D eigenvalue weighted by Crippen LogP contribution is 2.29. The van der Waals surface area contributed by atoms with Gasteiger partial charge in [-0.05, 0) is 92.9 Å². The van der Waals surface area contributed by atoms with Crippen molar-refractivity contribution in [2.75, 3.05) is 31.3 Å². The normalized spacial score (nSPS) is 14.9. The van der Waals surface area contributed by atoms with Crippen molar-refractivity contribution in [3.8, 4) is 11.5 Å². The lowest BCUT2D eigenvalue weighted by molar-refractivity contribution is 0.0998. The number of rotatable bonds is 7. The molecular formula is C27H30N4O3. The molecule has 0 radical (unpaired) electrons. The number of nitrogens with two attached hydrogens (primary N) is 1. The summed E-state index contributed by atoms with van der Waals surface area (Å²) in [5, 5.41) is 5.65. The molecule has 34 heavy (non-hydrogen) atoms. The van der Waals surface area contributed by atoms with Crippen molar-refractivity contribution in [1.29, 1.82) is 0 Å². The van der Waals surface area contributed by atoms with Crippen LogP contribution in [0.5, 0.6) is 11.5 Å². The maximum absolute atomic E-state index is 12.6. The van der Waals surface area contributed by atoms with Gasteiger partial charge in [0.25, 0.3) is 5.91 Å². The van der Waals surface area contributed by atoms with E-state index in [2.05, 4.69) is 35.7 Å². The van der Waals surface area contributed by atoms with E-state index in [0.29, 0.717) is 23.1 Å². The molecule has 4 N–H and O–H groups in total. The zero-order chi connectivity index (χ0) is 24.1. The first-order chi connectivity index (χ1) is 16.4. The molecule has 1 aliphatic rings. The highest BCUT2D eigenvalue weighted by molar-refractivity contribution is 6.02. The number of ether oxygens (including phenoxy) is 1. The van der Waals surface area contributed by atoms with E-state index in [1.807, 2.05) is 30.3 Å². The molecule has 7 nitrogen and oxygen atoms in total. The summed E-state index contributed by atoms with van der Waals surface area (Å²) in [5.41, 5.74) is 9.54. The molecule has 176 valence electrons. The predicted molar refractivity (Wildman–Crippen MR) is 135 cm³/mol. The molecule has 0 spiro atoms. The van der Waals surface area contributed by atoms with Crippen LogP contribution in [0.1, 0.15) is 27.9 Å². The first kappa shape index (κ1) is 23.3. The molecule has 1 aliphatic carbocycles. The Hall–Kier alpha value is -3.84. The number of anilines is 2. The molecule has 4 rings (SSSR count). The number of aryl methyl sites for hydroxylation is 1. The molecule has 0 bridgehead atoms. The number of hydrogen-bond acceptors (Lipinski definition) is 4. The average Bonchev–Trinajstić information content (AvgIpc) is 2.80. The van der Waals surface area contributed by atoms with Crippen molar-refractivity contribution >= 4 is 23.3 Å². The molecule has 0 fully saturated rings. The minimum Gasteiger partial charge on any atom is -0.457 e. The van der Waals surface area contributed by atoms with Crippen molar-refractivity contribution in [2.24, 2.45) is 11.7 Å². The number of amides is 3. The zero-order valence-electron chi connectivity index (χ0n) is 19.5. The quantitative estimate of drug-likeness (QED) is 0.470. The predicted octanol–water partition coefficient (Wildman–Crippen LogP) is 4.89. The maximum Gasteiger partial charge on any atom is 0.323 e. The second kappa shape index (κ2) is 10.4. The number of carbonyl (C=O) groups is 2. The Kier molecular flexibility index (Phi) is 7.13. The fourth-order valence-electron chi connectivity index (χ4n) is 4.38. The molecule has 7 heteroatoms. The van der Waals surface area contributed by atoms with E-state index in [1.54, 1.807) is 24.3 Å². The molecule has 0 saturated carbocycles. The monoisotopic (exact) mass is 458 g/mol. The first-order valence-electron chi connectivity index (χ1n) is 11.4. The molecule has 3 aromatic carbocycles. The Balaban J connectivity index is 1.41. The van der Waals surface area contributed by atoms with Crippen LogP contribution in [-0.2, 0) is 12.8 Å². The topological polar surface area (TPSA) is 96.7 Å². The van der Waals surface area contributed by atoms with Crippen molar-refractivity contribution in [3.05, 3.63) is 83.4 Å². The summed E-state index contributed by atoms with van der Waals surface area (Å²) >= 11 is 0. The van der Waals surface area contributed by atoms with Crippen molar-refractivity contribution in [3.63, 3.8) is 0 Å². The minimum atomic E-state index is -0.641. The number of benzene rings is 3. The summed E-state index contributed by atoms with van der Waals surface area (Å²) in [6, 6.07) is 19.6. The highest BCUT2D eigenvalue weighted by Gasteiger charge is 2.20. The minimum absolute atomic E-state index is 0.183. The second-order valence-electron chi connectivity index (χ2n) is 8.92. The summed E-state index contributed by atoms with van der Waals surface area (Å²) in [7, 11) is 4.22. The lowest BCUT2D eigenvalue weighted by Crippen LogP contribution is -2.26. The number of nitrogens with one attached hydrogen (secondary N) is 2. The molecule has 0 heterocycles. The van der Waals surface area contributed by atoms with Crippen LogP contribution in [-0.4, -0.2) is 37.5 Å². The second-order valence-corrected chi connectivity index (χ2v) is 8.92. The third-order valence-electron chi connectivity index (χ3n) is 5.89. The van der Waals surface area contributed by atoms with Gasteiger partial charge in [0.15, 0.2) is 0 Å². The molecule has 0 saturated heterocycles. The summed E-state index contributed by atoms with van der Waals surface area (Å²) in [4.78, 5) is 26.8. The largest absolute Gasteiger partial charge is 0.457 e. The fourth-order valence-corrected chi connectivity index (χ4v) is 4.38. The Morgan fingerprint density at radius 2 is 1.68 bits per heavy atom. The van der Waals surface area contributed by atoms with Gasteiger partial charge < -0.3 is 26.0 Å². The van der Waals surface area contributed by atoms with E-state index in [0.717, 1.165) is 31.5 Å². The molecule has 1 atom stereocenters. The lowest BCUT2D eigenvalue weighted by atomic mass is 9.83. The standard InChI is InChI=1S/C27H30N4O3/c1-31(2)17-18-8-9-20-15-21(11-10-19(20)14-18)29-27(33)30-22-12-13-25(24(16-22)26(28)32)34-23-6-4-3-5-7-23/h3-7,10-13,15-16,18H,8-9,14,17H2,1-2H3,(H2,28,32)(H2,29,30,33). The molecular weight excluding hydrogens is 428 g/mol. The summed E-state index contributed by atoms with van der Waals surface area (Å²) < 4.78 is 5.78. The van der Waals surface area contributed by atoms with E-state index >= 15 is 0 Å². The highest BCUT2D eigenvalue weighted by atomic mass is 16.5. The van der Waals surface area contributed by atoms with E-state index in [-0.39, 0.29) is 5.56 Å². The molecule has 0 aromatic heterocycles. The summed E-state index contributed by atoms with van der Waals surface area (Å²) in [5.74, 6) is 0.936. The van der Waals surface area contributed by atoms with Gasteiger partial charge in [0.2, 0.25) is 0 Å². The van der Waals surface area contributed by atoms with Crippen molar-refractivity contribution in [2.45, 2.75) is 19.3 Å². The fraction of sp³-hybridized carbons (Fsp3) is 0.259. The van der Waals surface area contributed by atoms with Crippen LogP contribution in [0.15, 0.2) is 66.7 Å². The summed E-state index contributed by atoms with van der Waals surface area (Å²) in [6.07, 6.45) is 3.22. The zero-order valence-corrected chi connectivity index (χ0v) is 19.5. The van der Waals surface area contributed by atoms with Crippen LogP contribution in [0.3, 0.4) is 0 Å². The number of urea groups is 1. The van der Waals surface area contributed by atoms with Crippen LogP contribution in [0.4, 0.5) is 16.2 Å². The van der Waals surface area contributed by atoms with E-state index in [9.17, 15) is 9.59 Å². The van der Waals surface area contributed by atoms with Crippen LogP contribution < -0.4 is 21.1 Å². The Morgan fingerprint density at radius 1 is 0.971 bits per heavy atom. The van der Waals surface area contributed by atoms with Gasteiger partial charge in [-0.25, -0.2) is 4.79 Å². The number of nitrogens with zero attached hydrogens (tertiary/aromatic N) is 1. The van der Waals surface area contributed by atoms with Gasteiger partial charge in [0.05, 0.1) is 5.56 Å². The Labute approximate surface area is 199 Å². The molecule has 3 aromatic rings. The molecule has 3 amide bonds. The van der Waals surface area contributed by atoms with Gasteiger partial charge in [-0.15, -0.1) is 0 Å². The van der Waals surface area contributed by atoms with Crippen LogP contribution >= 0.6 is 0 Å². The van der Waals surface area contributed by atoms with E-state index < -0.39 is 11.9 Å². The molecule has 1 unspecified atom stereocenters. The first-order valence-corrected chi connectivity index (χ1v) is 11.4. The van der Waals surface area contributed by atoms with E-state index in [1.165, 1.54) is 17.2 Å². The van der Waals surface area contributed by atoms with Gasteiger partial charge >= 0.3 is 6.03 Å². The maximum atomic E-state index is 12.6. The lowest BCUT2D eigenvalue weighted by Gasteiger charge is -2.27. The molecule has 0 aliphatic heterocycles.